The highest BCUT2D eigenvalue weighted by atomic mass is 19.4. The van der Waals surface area contributed by atoms with Gasteiger partial charge in [-0.2, -0.15) is 13.2 Å². The molecule has 0 aliphatic rings. The van der Waals surface area contributed by atoms with Crippen molar-refractivity contribution < 1.29 is 22.5 Å². The van der Waals surface area contributed by atoms with Crippen molar-refractivity contribution in [3.63, 3.8) is 0 Å². The fourth-order valence-corrected chi connectivity index (χ4v) is 1.81. The molecule has 0 aliphatic heterocycles. The number of alkyl halides is 3. The summed E-state index contributed by atoms with van der Waals surface area (Å²) in [5.41, 5.74) is -0.543. The molecule has 0 radical (unpaired) electrons. The van der Waals surface area contributed by atoms with E-state index in [1.807, 2.05) is 20.8 Å². The van der Waals surface area contributed by atoms with E-state index in [1.54, 1.807) is 0 Å². The molecule has 1 aromatic carbocycles. The quantitative estimate of drug-likeness (QED) is 0.919. The minimum Gasteiger partial charge on any atom is -0.355 e. The molecule has 0 fully saturated rings. The Bertz CT molecular complexity index is 693. The Morgan fingerprint density at radius 2 is 1.91 bits per heavy atom. The number of amides is 1. The Hall–Kier alpha value is -2.31. The highest BCUT2D eigenvalue weighted by molar-refractivity contribution is 5.93. The molecule has 0 unspecified atom stereocenters. The van der Waals surface area contributed by atoms with Crippen LogP contribution in [0.3, 0.4) is 0 Å². The minimum absolute atomic E-state index is 0.0323. The summed E-state index contributed by atoms with van der Waals surface area (Å²) in [6.07, 6.45) is -4.44. The number of hydrogen-bond acceptors (Lipinski definition) is 3. The lowest BCUT2D eigenvalue weighted by Gasteiger charge is -2.16. The molecule has 7 heteroatoms. The lowest BCUT2D eigenvalue weighted by atomic mass is 10.1. The summed E-state index contributed by atoms with van der Waals surface area (Å²) in [5, 5.41) is 6.38. The molecule has 1 atom stereocenters. The van der Waals surface area contributed by atoms with Crippen LogP contribution in [0.1, 0.15) is 36.8 Å². The Morgan fingerprint density at radius 1 is 1.22 bits per heavy atom. The Labute approximate surface area is 131 Å². The van der Waals surface area contributed by atoms with Crippen LogP contribution < -0.4 is 5.32 Å². The molecule has 1 heterocycles. The fraction of sp³-hybridized carbons (Fsp3) is 0.375. The van der Waals surface area contributed by atoms with E-state index in [0.29, 0.717) is 0 Å². The van der Waals surface area contributed by atoms with Gasteiger partial charge in [0, 0.05) is 17.7 Å². The van der Waals surface area contributed by atoms with Crippen LogP contribution in [-0.4, -0.2) is 17.1 Å². The maximum absolute atomic E-state index is 12.7. The second kappa shape index (κ2) is 6.44. The predicted octanol–water partition coefficient (Wildman–Crippen LogP) is 4.13. The third kappa shape index (κ3) is 4.12. The van der Waals surface area contributed by atoms with Gasteiger partial charge in [-0.3, -0.25) is 4.79 Å². The molecule has 0 bridgehead atoms. The number of aromatic nitrogens is 1. The molecule has 0 saturated carbocycles. The topological polar surface area (TPSA) is 55.1 Å². The zero-order valence-electron chi connectivity index (χ0n) is 12.9. The van der Waals surface area contributed by atoms with Gasteiger partial charge in [-0.05, 0) is 25.0 Å². The predicted molar refractivity (Wildman–Crippen MR) is 78.7 cm³/mol. The van der Waals surface area contributed by atoms with Crippen molar-refractivity contribution in [3.8, 4) is 11.3 Å². The monoisotopic (exact) mass is 326 g/mol. The smallest absolute Gasteiger partial charge is 0.355 e. The maximum atomic E-state index is 12.7. The summed E-state index contributed by atoms with van der Waals surface area (Å²) in [6, 6.07) is 5.94. The SMILES string of the molecule is CC(C)[C@H](C)NC(=O)c1cc(-c2cccc(C(F)(F)F)c2)on1. The number of halogens is 3. The van der Waals surface area contributed by atoms with Gasteiger partial charge in [-0.25, -0.2) is 0 Å². The van der Waals surface area contributed by atoms with E-state index >= 15 is 0 Å². The molecule has 1 aromatic heterocycles. The molecule has 0 spiro atoms. The van der Waals surface area contributed by atoms with Crippen LogP contribution in [0, 0.1) is 5.92 Å². The van der Waals surface area contributed by atoms with Crippen molar-refractivity contribution in [1.82, 2.24) is 10.5 Å². The third-order valence-electron chi connectivity index (χ3n) is 3.58. The minimum atomic E-state index is -4.44. The number of carbonyl (C=O) groups excluding carboxylic acids is 1. The van der Waals surface area contributed by atoms with Gasteiger partial charge in [0.1, 0.15) is 0 Å². The van der Waals surface area contributed by atoms with Crippen LogP contribution in [-0.2, 0) is 6.18 Å². The standard InChI is InChI=1S/C16H17F3N2O2/c1-9(2)10(3)20-15(22)13-8-14(23-21-13)11-5-4-6-12(7-11)16(17,18)19/h4-10H,1-3H3,(H,20,22)/t10-/m0/s1. The van der Waals surface area contributed by atoms with Crippen LogP contribution >= 0.6 is 0 Å². The van der Waals surface area contributed by atoms with Crippen molar-refractivity contribution in [2.45, 2.75) is 33.0 Å². The van der Waals surface area contributed by atoms with Gasteiger partial charge >= 0.3 is 6.18 Å². The van der Waals surface area contributed by atoms with Gasteiger partial charge in [-0.15, -0.1) is 0 Å². The van der Waals surface area contributed by atoms with Gasteiger partial charge in [0.2, 0.25) is 0 Å². The molecule has 0 aliphatic carbocycles. The van der Waals surface area contributed by atoms with Gasteiger partial charge in [0.05, 0.1) is 5.56 Å². The number of benzene rings is 1. The van der Waals surface area contributed by atoms with Crippen LogP contribution in [0.15, 0.2) is 34.9 Å². The number of nitrogens with one attached hydrogen (secondary N) is 1. The fourth-order valence-electron chi connectivity index (χ4n) is 1.81. The lowest BCUT2D eigenvalue weighted by molar-refractivity contribution is -0.137. The molecular weight excluding hydrogens is 309 g/mol. The lowest BCUT2D eigenvalue weighted by Crippen LogP contribution is -2.36. The summed E-state index contributed by atoms with van der Waals surface area (Å²) >= 11 is 0. The van der Waals surface area contributed by atoms with E-state index in [9.17, 15) is 18.0 Å². The number of rotatable bonds is 4. The molecule has 4 nitrogen and oxygen atoms in total. The van der Waals surface area contributed by atoms with Crippen molar-refractivity contribution in [3.05, 3.63) is 41.6 Å². The van der Waals surface area contributed by atoms with E-state index in [2.05, 4.69) is 10.5 Å². The third-order valence-corrected chi connectivity index (χ3v) is 3.58. The Balaban J connectivity index is 2.21. The normalized spacial score (nSPS) is 13.2. The van der Waals surface area contributed by atoms with Gasteiger partial charge < -0.3 is 9.84 Å². The highest BCUT2D eigenvalue weighted by Crippen LogP contribution is 2.32. The summed E-state index contributed by atoms with van der Waals surface area (Å²) in [7, 11) is 0. The van der Waals surface area contributed by atoms with Gasteiger partial charge in [0.15, 0.2) is 11.5 Å². The largest absolute Gasteiger partial charge is 0.416 e. The van der Waals surface area contributed by atoms with Crippen molar-refractivity contribution >= 4 is 5.91 Å². The maximum Gasteiger partial charge on any atom is 0.416 e. The first kappa shape index (κ1) is 17.1. The zero-order chi connectivity index (χ0) is 17.2. The second-order valence-corrected chi connectivity index (χ2v) is 5.66. The summed E-state index contributed by atoms with van der Waals surface area (Å²) in [5.74, 6) is -0.0691. The average molecular weight is 326 g/mol. The van der Waals surface area contributed by atoms with E-state index in [0.717, 1.165) is 12.1 Å². The number of hydrogen-bond donors (Lipinski definition) is 1. The van der Waals surface area contributed by atoms with Gasteiger partial charge in [0.25, 0.3) is 5.91 Å². The van der Waals surface area contributed by atoms with Crippen LogP contribution in [0.2, 0.25) is 0 Å². The van der Waals surface area contributed by atoms with Crippen LogP contribution in [0.5, 0.6) is 0 Å². The molecule has 124 valence electrons. The molecule has 1 N–H and O–H groups in total. The van der Waals surface area contributed by atoms with Crippen LogP contribution in [0.25, 0.3) is 11.3 Å². The van der Waals surface area contributed by atoms with Crippen molar-refractivity contribution in [2.24, 2.45) is 5.92 Å². The molecular formula is C16H17F3N2O2. The van der Waals surface area contributed by atoms with E-state index < -0.39 is 17.6 Å². The summed E-state index contributed by atoms with van der Waals surface area (Å²) in [4.78, 5) is 12.0. The van der Waals surface area contributed by atoms with Gasteiger partial charge in [-0.1, -0.05) is 31.1 Å². The number of carbonyl (C=O) groups is 1. The van der Waals surface area contributed by atoms with E-state index in [1.165, 1.54) is 18.2 Å². The molecule has 2 aromatic rings. The summed E-state index contributed by atoms with van der Waals surface area (Å²) in [6.45, 7) is 5.78. The highest BCUT2D eigenvalue weighted by Gasteiger charge is 2.30. The van der Waals surface area contributed by atoms with Crippen LogP contribution in [0.4, 0.5) is 13.2 Å². The van der Waals surface area contributed by atoms with Crippen molar-refractivity contribution in [1.29, 1.82) is 0 Å². The molecule has 23 heavy (non-hydrogen) atoms. The zero-order valence-corrected chi connectivity index (χ0v) is 12.9. The second-order valence-electron chi connectivity index (χ2n) is 5.66. The first-order valence-electron chi connectivity index (χ1n) is 7.13. The molecule has 2 rings (SSSR count). The first-order chi connectivity index (χ1) is 10.7. The average Bonchev–Trinajstić information content (AvgIpc) is 2.96. The summed E-state index contributed by atoms with van der Waals surface area (Å²) < 4.78 is 43.2. The molecule has 0 saturated heterocycles. The first-order valence-corrected chi connectivity index (χ1v) is 7.13. The Kier molecular flexibility index (Phi) is 4.77. The van der Waals surface area contributed by atoms with E-state index in [-0.39, 0.29) is 29.0 Å². The Morgan fingerprint density at radius 3 is 2.52 bits per heavy atom. The van der Waals surface area contributed by atoms with Crippen molar-refractivity contribution in [2.75, 3.05) is 0 Å². The van der Waals surface area contributed by atoms with E-state index in [4.69, 9.17) is 4.52 Å². The molecule has 1 amide bonds. The number of nitrogens with zero attached hydrogens (tertiary/aromatic N) is 1.